The molecule has 2 aromatic heterocycles. The van der Waals surface area contributed by atoms with Crippen molar-refractivity contribution in [2.75, 3.05) is 25.1 Å². The Morgan fingerprint density at radius 2 is 1.89 bits per heavy atom. The molecule has 1 fully saturated rings. The minimum Gasteiger partial charge on any atom is -0.480 e. The number of hydrogen-bond donors (Lipinski definition) is 0. The second kappa shape index (κ2) is 6.75. The highest BCUT2D eigenvalue weighted by molar-refractivity contribution is 5.82. The van der Waals surface area contributed by atoms with E-state index < -0.39 is 11.6 Å². The zero-order chi connectivity index (χ0) is 19.1. The van der Waals surface area contributed by atoms with Crippen LogP contribution in [0.1, 0.15) is 25.3 Å². The molecule has 0 unspecified atom stereocenters. The third-order valence-electron chi connectivity index (χ3n) is 5.16. The number of rotatable bonds is 3. The van der Waals surface area contributed by atoms with Crippen molar-refractivity contribution in [3.63, 3.8) is 0 Å². The number of aryl methyl sites for hydroxylation is 1. The van der Waals surface area contributed by atoms with Gasteiger partial charge >= 0.3 is 0 Å². The lowest BCUT2D eigenvalue weighted by molar-refractivity contribution is 0.397. The number of methoxy groups -OCH3 is 1. The van der Waals surface area contributed by atoms with Crippen LogP contribution in [0.2, 0.25) is 0 Å². The molecule has 1 aliphatic heterocycles. The van der Waals surface area contributed by atoms with Gasteiger partial charge in [-0.15, -0.1) is 0 Å². The summed E-state index contributed by atoms with van der Waals surface area (Å²) in [4.78, 5) is 10.6. The third kappa shape index (κ3) is 2.98. The maximum Gasteiger partial charge on any atom is 0.257 e. The fraction of sp³-hybridized carbons (Fsp3) is 0.421. The summed E-state index contributed by atoms with van der Waals surface area (Å²) in [5.41, 5.74) is 0.744. The van der Waals surface area contributed by atoms with Crippen LogP contribution in [0.3, 0.4) is 0 Å². The Morgan fingerprint density at radius 3 is 2.59 bits per heavy atom. The van der Waals surface area contributed by atoms with Crippen molar-refractivity contribution < 1.29 is 13.5 Å². The molecule has 0 amide bonds. The van der Waals surface area contributed by atoms with Gasteiger partial charge in [-0.1, -0.05) is 6.92 Å². The molecule has 4 rings (SSSR count). The molecule has 0 atom stereocenters. The van der Waals surface area contributed by atoms with E-state index in [2.05, 4.69) is 26.9 Å². The molecule has 27 heavy (non-hydrogen) atoms. The summed E-state index contributed by atoms with van der Waals surface area (Å²) in [5.74, 6) is 0.797. The lowest BCUT2D eigenvalue weighted by Gasteiger charge is -2.33. The van der Waals surface area contributed by atoms with E-state index in [0.29, 0.717) is 23.1 Å². The van der Waals surface area contributed by atoms with Gasteiger partial charge in [0.15, 0.2) is 0 Å². The average Bonchev–Trinajstić information content (AvgIpc) is 3.12. The minimum absolute atomic E-state index is 0.105. The summed E-state index contributed by atoms with van der Waals surface area (Å²) in [6, 6.07) is 2.39. The second-order valence-corrected chi connectivity index (χ2v) is 7.04. The van der Waals surface area contributed by atoms with Crippen LogP contribution in [0.15, 0.2) is 18.5 Å². The minimum atomic E-state index is -0.528. The van der Waals surface area contributed by atoms with Crippen LogP contribution in [0.5, 0.6) is 5.88 Å². The molecule has 142 valence electrons. The maximum absolute atomic E-state index is 14.9. The number of ether oxygens (including phenoxy) is 1. The second-order valence-electron chi connectivity index (χ2n) is 7.04. The smallest absolute Gasteiger partial charge is 0.257 e. The van der Waals surface area contributed by atoms with E-state index in [1.807, 2.05) is 0 Å². The van der Waals surface area contributed by atoms with Gasteiger partial charge in [-0.3, -0.25) is 0 Å². The molecular weight excluding hydrogens is 352 g/mol. The number of halogens is 2. The van der Waals surface area contributed by atoms with E-state index in [0.717, 1.165) is 25.9 Å². The summed E-state index contributed by atoms with van der Waals surface area (Å²) in [6.07, 6.45) is 3.41. The van der Waals surface area contributed by atoms with Crippen LogP contribution >= 0.6 is 0 Å². The molecule has 0 spiro atoms. The van der Waals surface area contributed by atoms with E-state index >= 15 is 0 Å². The molecule has 0 radical (unpaired) electrons. The van der Waals surface area contributed by atoms with Crippen molar-refractivity contribution in [2.24, 2.45) is 5.92 Å². The largest absolute Gasteiger partial charge is 0.480 e. The standard InChI is InChI=1S/C19H21F2N5O/c1-11-4-6-25(7-5-11)18-16(13-9-14(20)12(2)8-15(13)21)17(27-3)24-19-22-10-23-26(18)19/h8-11H,4-7H2,1-3H3. The molecule has 1 aromatic carbocycles. The first-order chi connectivity index (χ1) is 13.0. The molecule has 0 bridgehead atoms. The highest BCUT2D eigenvalue weighted by atomic mass is 19.1. The van der Waals surface area contributed by atoms with Crippen LogP contribution in [-0.2, 0) is 0 Å². The van der Waals surface area contributed by atoms with Gasteiger partial charge in [0.1, 0.15) is 23.8 Å². The van der Waals surface area contributed by atoms with Crippen molar-refractivity contribution in [1.29, 1.82) is 0 Å². The predicted octanol–water partition coefficient (Wildman–Crippen LogP) is 3.62. The van der Waals surface area contributed by atoms with Crippen molar-refractivity contribution >= 4 is 11.6 Å². The molecule has 3 heterocycles. The Morgan fingerprint density at radius 1 is 1.15 bits per heavy atom. The van der Waals surface area contributed by atoms with Gasteiger partial charge in [-0.2, -0.15) is 19.6 Å². The third-order valence-corrected chi connectivity index (χ3v) is 5.16. The van der Waals surface area contributed by atoms with E-state index in [1.54, 1.807) is 4.52 Å². The fourth-order valence-electron chi connectivity index (χ4n) is 3.54. The molecule has 6 nitrogen and oxygen atoms in total. The monoisotopic (exact) mass is 373 g/mol. The van der Waals surface area contributed by atoms with Gasteiger partial charge < -0.3 is 9.64 Å². The average molecular weight is 373 g/mol. The lowest BCUT2D eigenvalue weighted by Crippen LogP contribution is -2.35. The fourth-order valence-corrected chi connectivity index (χ4v) is 3.54. The quantitative estimate of drug-likeness (QED) is 0.702. The Kier molecular flexibility index (Phi) is 4.41. The van der Waals surface area contributed by atoms with Gasteiger partial charge in [-0.25, -0.2) is 8.78 Å². The lowest BCUT2D eigenvalue weighted by atomic mass is 9.98. The van der Waals surface area contributed by atoms with Gasteiger partial charge in [0.2, 0.25) is 5.88 Å². The predicted molar refractivity (Wildman–Crippen MR) is 98.0 cm³/mol. The first-order valence-corrected chi connectivity index (χ1v) is 8.98. The van der Waals surface area contributed by atoms with Crippen LogP contribution < -0.4 is 9.64 Å². The van der Waals surface area contributed by atoms with Crippen LogP contribution in [-0.4, -0.2) is 39.8 Å². The Labute approximate surface area is 155 Å². The number of anilines is 1. The van der Waals surface area contributed by atoms with E-state index in [1.165, 1.54) is 32.5 Å². The summed E-state index contributed by atoms with van der Waals surface area (Å²) < 4.78 is 36.2. The zero-order valence-electron chi connectivity index (χ0n) is 15.5. The molecule has 1 aliphatic rings. The van der Waals surface area contributed by atoms with Crippen LogP contribution in [0, 0.1) is 24.5 Å². The Hall–Kier alpha value is -2.77. The van der Waals surface area contributed by atoms with Crippen molar-refractivity contribution in [1.82, 2.24) is 19.6 Å². The number of nitrogens with zero attached hydrogens (tertiary/aromatic N) is 5. The SMILES string of the molecule is COc1nc2ncnn2c(N2CCC(C)CC2)c1-c1cc(F)c(C)cc1F. The van der Waals surface area contributed by atoms with Gasteiger partial charge in [-0.05, 0) is 43.4 Å². The normalized spacial score (nSPS) is 15.5. The summed E-state index contributed by atoms with van der Waals surface area (Å²) >= 11 is 0. The first-order valence-electron chi connectivity index (χ1n) is 8.98. The topological polar surface area (TPSA) is 55.6 Å². The zero-order valence-corrected chi connectivity index (χ0v) is 15.5. The first kappa shape index (κ1) is 17.6. The number of piperidine rings is 1. The van der Waals surface area contributed by atoms with Crippen molar-refractivity contribution in [2.45, 2.75) is 26.7 Å². The molecule has 1 saturated heterocycles. The van der Waals surface area contributed by atoms with E-state index in [4.69, 9.17) is 4.74 Å². The van der Waals surface area contributed by atoms with Gasteiger partial charge in [0.05, 0.1) is 12.7 Å². The van der Waals surface area contributed by atoms with Crippen LogP contribution in [0.25, 0.3) is 16.9 Å². The molecule has 8 heteroatoms. The maximum atomic E-state index is 14.9. The van der Waals surface area contributed by atoms with Gasteiger partial charge in [0, 0.05) is 18.7 Å². The summed E-state index contributed by atoms with van der Waals surface area (Å²) in [6.45, 7) is 5.31. The molecule has 0 N–H and O–H groups in total. The van der Waals surface area contributed by atoms with Crippen LogP contribution in [0.4, 0.5) is 14.6 Å². The Balaban J connectivity index is 2.01. The van der Waals surface area contributed by atoms with Crippen molar-refractivity contribution in [3.05, 3.63) is 35.7 Å². The highest BCUT2D eigenvalue weighted by Crippen LogP contribution is 2.40. The number of fused-ring (bicyclic) bond motifs is 1. The molecule has 0 aliphatic carbocycles. The number of hydrogen-bond acceptors (Lipinski definition) is 5. The van der Waals surface area contributed by atoms with E-state index in [9.17, 15) is 8.78 Å². The summed E-state index contributed by atoms with van der Waals surface area (Å²) in [5, 5.41) is 4.27. The Bertz CT molecular complexity index is 995. The van der Waals surface area contributed by atoms with Gasteiger partial charge in [0.25, 0.3) is 5.78 Å². The number of benzene rings is 1. The molecule has 3 aromatic rings. The summed E-state index contributed by atoms with van der Waals surface area (Å²) in [7, 11) is 1.46. The molecule has 0 saturated carbocycles. The number of aromatic nitrogens is 4. The molecular formula is C19H21F2N5O. The van der Waals surface area contributed by atoms with Crippen molar-refractivity contribution in [3.8, 4) is 17.0 Å². The van der Waals surface area contributed by atoms with E-state index in [-0.39, 0.29) is 17.0 Å². The highest BCUT2D eigenvalue weighted by Gasteiger charge is 2.28.